The smallest absolute Gasteiger partial charge is 0.334 e. The summed E-state index contributed by atoms with van der Waals surface area (Å²) < 4.78 is 26.3. The second kappa shape index (κ2) is 12.0. The number of hydrogen-bond acceptors (Lipinski definition) is 9. The summed E-state index contributed by atoms with van der Waals surface area (Å²) in [6.07, 6.45) is 0. The molecule has 0 fully saturated rings. The molecular formula is C20H29NO7S. The Morgan fingerprint density at radius 3 is 2.52 bits per heavy atom. The van der Waals surface area contributed by atoms with Crippen LogP contribution >= 0.6 is 11.8 Å². The average Bonchev–Trinajstić information content (AvgIpc) is 3.10. The Hall–Kier alpha value is -1.81. The number of carbonyl (C=O) groups excluding carboxylic acids is 1. The standard InChI is InChI=1S/C20H29NO7S/c1-4-27-19(23)20(2)14-29-18(21-20)16-6-5-15(13-17(16)22)28-12-11-26-10-9-25-8-7-24-3/h5-6,13,22H,4,7-12,14H2,1-3H3/t20-/m1/s1. The highest BCUT2D eigenvalue weighted by molar-refractivity contribution is 8.14. The number of thioether (sulfide) groups is 1. The third-order valence-corrected chi connectivity index (χ3v) is 5.34. The van der Waals surface area contributed by atoms with Crippen molar-refractivity contribution >= 4 is 22.8 Å². The Morgan fingerprint density at radius 1 is 1.17 bits per heavy atom. The van der Waals surface area contributed by atoms with Gasteiger partial charge >= 0.3 is 5.97 Å². The first-order valence-corrected chi connectivity index (χ1v) is 10.5. The second-order valence-electron chi connectivity index (χ2n) is 6.44. The van der Waals surface area contributed by atoms with Crippen LogP contribution in [0.4, 0.5) is 0 Å². The summed E-state index contributed by atoms with van der Waals surface area (Å²) in [5.41, 5.74) is -0.359. The lowest BCUT2D eigenvalue weighted by Crippen LogP contribution is -2.35. The molecular weight excluding hydrogens is 398 g/mol. The van der Waals surface area contributed by atoms with Crippen molar-refractivity contribution < 1.29 is 33.6 Å². The van der Waals surface area contributed by atoms with Crippen LogP contribution in [0.25, 0.3) is 0 Å². The van der Waals surface area contributed by atoms with Crippen LogP contribution in [0.1, 0.15) is 19.4 Å². The van der Waals surface area contributed by atoms with Gasteiger partial charge in [-0.3, -0.25) is 4.99 Å². The topological polar surface area (TPSA) is 95.8 Å². The van der Waals surface area contributed by atoms with E-state index in [1.807, 2.05) is 0 Å². The van der Waals surface area contributed by atoms with Gasteiger partial charge in [0.1, 0.15) is 23.1 Å². The predicted octanol–water partition coefficient (Wildman–Crippen LogP) is 2.27. The maximum Gasteiger partial charge on any atom is 0.334 e. The number of methoxy groups -OCH3 is 1. The lowest BCUT2D eigenvalue weighted by Gasteiger charge is -2.16. The summed E-state index contributed by atoms with van der Waals surface area (Å²) in [6.45, 7) is 6.68. The molecule has 1 aliphatic rings. The van der Waals surface area contributed by atoms with Gasteiger partial charge in [-0.05, 0) is 26.0 Å². The highest BCUT2D eigenvalue weighted by Crippen LogP contribution is 2.35. The molecule has 0 spiro atoms. The molecule has 1 heterocycles. The van der Waals surface area contributed by atoms with Crippen molar-refractivity contribution in [3.8, 4) is 11.5 Å². The highest BCUT2D eigenvalue weighted by Gasteiger charge is 2.40. The van der Waals surface area contributed by atoms with Gasteiger partial charge in [0.25, 0.3) is 0 Å². The number of aromatic hydroxyl groups is 1. The number of phenolic OH excluding ortho intramolecular Hbond substituents is 1. The summed E-state index contributed by atoms with van der Waals surface area (Å²) in [7, 11) is 1.63. The zero-order valence-electron chi connectivity index (χ0n) is 17.1. The minimum atomic E-state index is -0.928. The summed E-state index contributed by atoms with van der Waals surface area (Å²) in [5.74, 6) is 0.703. The summed E-state index contributed by atoms with van der Waals surface area (Å²) in [6, 6.07) is 5.02. The van der Waals surface area contributed by atoms with Gasteiger partial charge in [0.15, 0.2) is 5.54 Å². The highest BCUT2D eigenvalue weighted by atomic mass is 32.2. The molecule has 1 atom stereocenters. The zero-order valence-corrected chi connectivity index (χ0v) is 18.0. The van der Waals surface area contributed by atoms with Gasteiger partial charge in [0.2, 0.25) is 0 Å². The first kappa shape index (κ1) is 23.5. The van der Waals surface area contributed by atoms with E-state index >= 15 is 0 Å². The van der Waals surface area contributed by atoms with Crippen molar-refractivity contribution in [1.82, 2.24) is 0 Å². The first-order valence-electron chi connectivity index (χ1n) is 9.50. The number of aliphatic imine (C=N–C) groups is 1. The van der Waals surface area contributed by atoms with E-state index in [0.717, 1.165) is 0 Å². The van der Waals surface area contributed by atoms with Crippen LogP contribution in [-0.2, 0) is 23.7 Å². The number of hydrogen-bond donors (Lipinski definition) is 1. The second-order valence-corrected chi connectivity index (χ2v) is 7.41. The van der Waals surface area contributed by atoms with Gasteiger partial charge in [-0.2, -0.15) is 0 Å². The van der Waals surface area contributed by atoms with Gasteiger partial charge in [-0.1, -0.05) is 0 Å². The number of esters is 1. The van der Waals surface area contributed by atoms with Crippen molar-refractivity contribution in [3.63, 3.8) is 0 Å². The molecule has 1 N–H and O–H groups in total. The number of phenols is 1. The minimum Gasteiger partial charge on any atom is -0.507 e. The van der Waals surface area contributed by atoms with Crippen LogP contribution in [0, 0.1) is 0 Å². The number of nitrogens with zero attached hydrogens (tertiary/aromatic N) is 1. The molecule has 2 rings (SSSR count). The fourth-order valence-corrected chi connectivity index (χ4v) is 3.69. The van der Waals surface area contributed by atoms with E-state index < -0.39 is 5.54 Å². The van der Waals surface area contributed by atoms with Crippen molar-refractivity contribution in [1.29, 1.82) is 0 Å². The normalized spacial score (nSPS) is 18.5. The van der Waals surface area contributed by atoms with E-state index in [1.54, 1.807) is 33.1 Å². The number of ether oxygens (including phenoxy) is 5. The molecule has 0 saturated heterocycles. The van der Waals surface area contributed by atoms with Gasteiger partial charge in [0.05, 0.1) is 39.6 Å². The van der Waals surface area contributed by atoms with Crippen LogP contribution in [-0.4, -0.2) is 80.8 Å². The van der Waals surface area contributed by atoms with E-state index in [9.17, 15) is 9.90 Å². The Balaban J connectivity index is 1.79. The quantitative estimate of drug-likeness (QED) is 0.378. The van der Waals surface area contributed by atoms with E-state index in [-0.39, 0.29) is 11.7 Å². The summed E-state index contributed by atoms with van der Waals surface area (Å²) in [4.78, 5) is 16.6. The Bertz CT molecular complexity index is 697. The molecule has 162 valence electrons. The zero-order chi connectivity index (χ0) is 21.1. The van der Waals surface area contributed by atoms with Crippen LogP contribution < -0.4 is 4.74 Å². The van der Waals surface area contributed by atoms with Crippen LogP contribution in [0.3, 0.4) is 0 Å². The molecule has 0 aliphatic carbocycles. The summed E-state index contributed by atoms with van der Waals surface area (Å²) >= 11 is 1.42. The number of benzene rings is 1. The maximum absolute atomic E-state index is 12.1. The fourth-order valence-electron chi connectivity index (χ4n) is 2.49. The minimum absolute atomic E-state index is 0.0503. The van der Waals surface area contributed by atoms with Gasteiger partial charge in [0, 0.05) is 24.5 Å². The van der Waals surface area contributed by atoms with E-state index in [0.29, 0.717) is 68.4 Å². The largest absolute Gasteiger partial charge is 0.507 e. The SMILES string of the molecule is CCOC(=O)[C@@]1(C)CSC(c2ccc(OCCOCCOCCOC)cc2O)=N1. The van der Waals surface area contributed by atoms with Crippen molar-refractivity contribution in [3.05, 3.63) is 23.8 Å². The lowest BCUT2D eigenvalue weighted by molar-refractivity contribution is -0.147. The third kappa shape index (κ3) is 7.18. The molecule has 0 amide bonds. The van der Waals surface area contributed by atoms with Gasteiger partial charge in [-0.25, -0.2) is 4.79 Å². The number of rotatable bonds is 13. The van der Waals surface area contributed by atoms with Gasteiger partial charge in [-0.15, -0.1) is 11.8 Å². The number of carbonyl (C=O) groups is 1. The predicted molar refractivity (Wildman–Crippen MR) is 111 cm³/mol. The molecule has 9 heteroatoms. The van der Waals surface area contributed by atoms with Crippen LogP contribution in [0.5, 0.6) is 11.5 Å². The fraction of sp³-hybridized carbons (Fsp3) is 0.600. The molecule has 1 aliphatic heterocycles. The molecule has 0 saturated carbocycles. The molecule has 8 nitrogen and oxygen atoms in total. The van der Waals surface area contributed by atoms with Crippen molar-refractivity contribution in [2.75, 3.05) is 59.1 Å². The maximum atomic E-state index is 12.1. The molecule has 0 bridgehead atoms. The molecule has 0 unspecified atom stereocenters. The Kier molecular flexibility index (Phi) is 9.72. The summed E-state index contributed by atoms with van der Waals surface area (Å²) in [5, 5.41) is 11.0. The molecule has 1 aromatic carbocycles. The Morgan fingerprint density at radius 2 is 1.86 bits per heavy atom. The molecule has 0 aromatic heterocycles. The molecule has 29 heavy (non-hydrogen) atoms. The molecule has 1 aromatic rings. The average molecular weight is 428 g/mol. The van der Waals surface area contributed by atoms with Gasteiger partial charge < -0.3 is 28.8 Å². The van der Waals surface area contributed by atoms with Crippen molar-refractivity contribution in [2.24, 2.45) is 4.99 Å². The van der Waals surface area contributed by atoms with Crippen LogP contribution in [0.2, 0.25) is 0 Å². The lowest BCUT2D eigenvalue weighted by atomic mass is 10.1. The third-order valence-electron chi connectivity index (χ3n) is 4.05. The molecule has 0 radical (unpaired) electrons. The van der Waals surface area contributed by atoms with Crippen LogP contribution in [0.15, 0.2) is 23.2 Å². The monoisotopic (exact) mass is 427 g/mol. The first-order chi connectivity index (χ1) is 14.0. The van der Waals surface area contributed by atoms with E-state index in [2.05, 4.69) is 4.99 Å². The van der Waals surface area contributed by atoms with E-state index in [4.69, 9.17) is 23.7 Å². The van der Waals surface area contributed by atoms with E-state index in [1.165, 1.54) is 17.8 Å². The Labute approximate surface area is 175 Å². The van der Waals surface area contributed by atoms with Crippen molar-refractivity contribution in [2.45, 2.75) is 19.4 Å².